The fourth-order valence-electron chi connectivity index (χ4n) is 2.03. The molecule has 0 aliphatic heterocycles. The number of carbonyl (C=O) groups excluding carboxylic acids is 2. The molecule has 2 aromatic rings. The molecule has 2 rings (SSSR count). The third kappa shape index (κ3) is 4.42. The number of amides is 2. The van der Waals surface area contributed by atoms with Crippen LogP contribution in [0.25, 0.3) is 0 Å². The van der Waals surface area contributed by atoms with Gasteiger partial charge in [-0.2, -0.15) is 13.2 Å². The number of nitrogens with zero attached hydrogens (tertiary/aromatic N) is 1. The average molecular weight is 401 g/mol. The van der Waals surface area contributed by atoms with Gasteiger partial charge >= 0.3 is 5.51 Å². The second-order valence-corrected chi connectivity index (χ2v) is 7.12. The number of rotatable bonds is 4. The minimum atomic E-state index is -5.84. The summed E-state index contributed by atoms with van der Waals surface area (Å²) in [6.07, 6.45) is 1.57. The molecule has 7 nitrogen and oxygen atoms in total. The quantitative estimate of drug-likeness (QED) is 0.763. The lowest BCUT2D eigenvalue weighted by Gasteiger charge is -2.12. The Labute approximate surface area is 152 Å². The van der Waals surface area contributed by atoms with Crippen molar-refractivity contribution in [2.75, 3.05) is 0 Å². The fourth-order valence-corrected chi connectivity index (χ4v) is 2.90. The highest BCUT2D eigenvalue weighted by atomic mass is 32.2. The number of hydrazine groups is 1. The topological polar surface area (TPSA) is 105 Å². The van der Waals surface area contributed by atoms with E-state index in [1.54, 1.807) is 12.1 Å². The molecule has 2 N–H and O–H groups in total. The molecule has 0 bridgehead atoms. The molecule has 0 atom stereocenters. The second kappa shape index (κ2) is 7.74. The van der Waals surface area contributed by atoms with Crippen molar-refractivity contribution in [2.45, 2.75) is 23.9 Å². The summed E-state index contributed by atoms with van der Waals surface area (Å²) in [6.45, 7) is 1.93. The van der Waals surface area contributed by atoms with E-state index in [0.717, 1.165) is 30.3 Å². The number of hydrogen-bond acceptors (Lipinski definition) is 5. The Morgan fingerprint density at radius 1 is 1.04 bits per heavy atom. The van der Waals surface area contributed by atoms with E-state index in [-0.39, 0.29) is 5.56 Å². The van der Waals surface area contributed by atoms with Crippen LogP contribution >= 0.6 is 0 Å². The van der Waals surface area contributed by atoms with E-state index in [1.807, 2.05) is 17.8 Å². The fraction of sp³-hybridized carbons (Fsp3) is 0.188. The second-order valence-electron chi connectivity index (χ2n) is 5.26. The third-order valence-electron chi connectivity index (χ3n) is 3.49. The predicted molar refractivity (Wildman–Crippen MR) is 88.2 cm³/mol. The monoisotopic (exact) mass is 401 g/mol. The van der Waals surface area contributed by atoms with Crippen LogP contribution in [0.3, 0.4) is 0 Å². The zero-order valence-electron chi connectivity index (χ0n) is 13.9. The van der Waals surface area contributed by atoms with Gasteiger partial charge in [-0.3, -0.25) is 20.4 Å². The number of aromatic nitrogens is 1. The summed E-state index contributed by atoms with van der Waals surface area (Å²) in [5.74, 6) is -1.99. The van der Waals surface area contributed by atoms with Crippen LogP contribution in [0.5, 0.6) is 0 Å². The van der Waals surface area contributed by atoms with Crippen LogP contribution in [0.1, 0.15) is 33.2 Å². The van der Waals surface area contributed by atoms with Gasteiger partial charge in [-0.15, -0.1) is 0 Å². The van der Waals surface area contributed by atoms with Gasteiger partial charge in [0.25, 0.3) is 21.7 Å². The summed E-state index contributed by atoms with van der Waals surface area (Å²) in [5, 5.41) is -1.45. The zero-order valence-corrected chi connectivity index (χ0v) is 14.7. The Hall–Kier alpha value is -2.95. The largest absolute Gasteiger partial charge is 0.503 e. The van der Waals surface area contributed by atoms with Crippen LogP contribution in [0.4, 0.5) is 13.2 Å². The molecule has 0 aliphatic carbocycles. The lowest BCUT2D eigenvalue weighted by Crippen LogP contribution is -2.42. The van der Waals surface area contributed by atoms with Crippen molar-refractivity contribution in [2.24, 2.45) is 0 Å². The third-order valence-corrected chi connectivity index (χ3v) is 4.93. The molecule has 1 aromatic carbocycles. The number of sulfone groups is 1. The van der Waals surface area contributed by atoms with Crippen molar-refractivity contribution in [1.29, 1.82) is 0 Å². The first-order valence-electron chi connectivity index (χ1n) is 7.54. The highest BCUT2D eigenvalue weighted by Gasteiger charge is 2.49. The molecule has 27 heavy (non-hydrogen) atoms. The molecule has 0 spiro atoms. The van der Waals surface area contributed by atoms with E-state index in [1.165, 1.54) is 12.1 Å². The first kappa shape index (κ1) is 20.4. The number of alkyl halides is 3. The minimum Gasteiger partial charge on any atom is -0.267 e. The molecule has 0 unspecified atom stereocenters. The number of benzene rings is 1. The van der Waals surface area contributed by atoms with Crippen molar-refractivity contribution in [3.63, 3.8) is 0 Å². The summed E-state index contributed by atoms with van der Waals surface area (Å²) in [6, 6.07) is 8.35. The number of pyridine rings is 1. The molecule has 144 valence electrons. The molecule has 2 amide bonds. The van der Waals surface area contributed by atoms with Crippen molar-refractivity contribution < 1.29 is 31.2 Å². The molecule has 0 fully saturated rings. The SMILES string of the molecule is CCc1ccc(C(=O)NNC(=O)c2cccnc2S(=O)(=O)C(F)(F)F)cc1. The maximum absolute atomic E-state index is 12.7. The van der Waals surface area contributed by atoms with Crippen LogP contribution in [-0.4, -0.2) is 30.7 Å². The highest BCUT2D eigenvalue weighted by Crippen LogP contribution is 2.30. The van der Waals surface area contributed by atoms with Gasteiger partial charge in [-0.1, -0.05) is 19.1 Å². The number of nitrogens with one attached hydrogen (secondary N) is 2. The van der Waals surface area contributed by atoms with Gasteiger partial charge in [0.1, 0.15) is 0 Å². The van der Waals surface area contributed by atoms with Crippen molar-refractivity contribution in [3.8, 4) is 0 Å². The normalized spacial score (nSPS) is 11.7. The average Bonchev–Trinajstić information content (AvgIpc) is 2.65. The molecule has 0 saturated heterocycles. The first-order valence-corrected chi connectivity index (χ1v) is 9.02. The van der Waals surface area contributed by atoms with Gasteiger partial charge in [-0.25, -0.2) is 13.4 Å². The summed E-state index contributed by atoms with van der Waals surface area (Å²) >= 11 is 0. The number of aryl methyl sites for hydroxylation is 1. The van der Waals surface area contributed by atoms with E-state index < -0.39 is 37.7 Å². The number of carbonyl (C=O) groups is 2. The number of hydrogen-bond donors (Lipinski definition) is 2. The molecule has 1 aromatic heterocycles. The van der Waals surface area contributed by atoms with E-state index >= 15 is 0 Å². The summed E-state index contributed by atoms with van der Waals surface area (Å²) < 4.78 is 61.3. The van der Waals surface area contributed by atoms with Gasteiger partial charge in [0.2, 0.25) is 0 Å². The molecule has 11 heteroatoms. The Morgan fingerprint density at radius 2 is 1.63 bits per heavy atom. The van der Waals surface area contributed by atoms with Crippen LogP contribution in [0.15, 0.2) is 47.6 Å². The molecule has 0 saturated carbocycles. The van der Waals surface area contributed by atoms with E-state index in [4.69, 9.17) is 0 Å². The van der Waals surface area contributed by atoms with Crippen molar-refractivity contribution in [3.05, 3.63) is 59.3 Å². The van der Waals surface area contributed by atoms with Crippen LogP contribution in [0, 0.1) is 0 Å². The van der Waals surface area contributed by atoms with Gasteiger partial charge in [-0.05, 0) is 36.2 Å². The highest BCUT2D eigenvalue weighted by molar-refractivity contribution is 7.92. The molecule has 0 radical (unpaired) electrons. The predicted octanol–water partition coefficient (Wildman–Crippen LogP) is 2.01. The Balaban J connectivity index is 2.18. The van der Waals surface area contributed by atoms with Crippen LogP contribution < -0.4 is 10.9 Å². The maximum atomic E-state index is 12.7. The van der Waals surface area contributed by atoms with Crippen LogP contribution in [0.2, 0.25) is 0 Å². The number of halogens is 3. The van der Waals surface area contributed by atoms with E-state index in [9.17, 15) is 31.2 Å². The van der Waals surface area contributed by atoms with Gasteiger partial charge in [0.15, 0.2) is 5.03 Å². The Morgan fingerprint density at radius 3 is 2.19 bits per heavy atom. The van der Waals surface area contributed by atoms with Crippen molar-refractivity contribution >= 4 is 21.7 Å². The Bertz CT molecular complexity index is 958. The Kier molecular flexibility index (Phi) is 5.84. The van der Waals surface area contributed by atoms with E-state index in [0.29, 0.717) is 0 Å². The summed E-state index contributed by atoms with van der Waals surface area (Å²) in [7, 11) is -5.84. The first-order chi connectivity index (χ1) is 12.6. The van der Waals surface area contributed by atoms with Gasteiger partial charge in [0.05, 0.1) is 5.56 Å². The lowest BCUT2D eigenvalue weighted by molar-refractivity contribution is -0.0438. The van der Waals surface area contributed by atoms with Gasteiger partial charge < -0.3 is 0 Å². The van der Waals surface area contributed by atoms with E-state index in [2.05, 4.69) is 4.98 Å². The maximum Gasteiger partial charge on any atom is 0.503 e. The molecular formula is C16H14F3N3O4S. The van der Waals surface area contributed by atoms with Gasteiger partial charge in [0, 0.05) is 11.8 Å². The zero-order chi connectivity index (χ0) is 20.2. The standard InChI is InChI=1S/C16H14F3N3O4S/c1-2-10-5-7-11(8-6-10)13(23)21-22-14(24)12-4-3-9-20-15(12)27(25,26)16(17,18)19/h3-9H,2H2,1H3,(H,21,23)(H,22,24). The summed E-state index contributed by atoms with van der Waals surface area (Å²) in [5.41, 5.74) is -1.41. The van der Waals surface area contributed by atoms with Crippen LogP contribution in [-0.2, 0) is 16.3 Å². The smallest absolute Gasteiger partial charge is 0.267 e. The van der Waals surface area contributed by atoms with Crippen molar-refractivity contribution in [1.82, 2.24) is 15.8 Å². The molecule has 0 aliphatic rings. The molecular weight excluding hydrogens is 387 g/mol. The molecule has 1 heterocycles. The minimum absolute atomic E-state index is 0.196. The summed E-state index contributed by atoms with van der Waals surface area (Å²) in [4.78, 5) is 27.2. The lowest BCUT2D eigenvalue weighted by atomic mass is 10.1.